The van der Waals surface area contributed by atoms with E-state index in [1.165, 1.54) is 51.2 Å². The lowest BCUT2D eigenvalue weighted by molar-refractivity contribution is -0.141. The minimum Gasteiger partial charge on any atom is -0.466 e. The van der Waals surface area contributed by atoms with Crippen LogP contribution in [0.1, 0.15) is 63.9 Å². The molecule has 152 valence electrons. The number of halogens is 1. The van der Waals surface area contributed by atoms with Gasteiger partial charge in [0.15, 0.2) is 5.43 Å². The van der Waals surface area contributed by atoms with Crippen molar-refractivity contribution in [1.82, 2.24) is 0 Å². The number of carbonyl (C=O) groups is 1. The predicted octanol–water partition coefficient (Wildman–Crippen LogP) is 6.10. The second kappa shape index (κ2) is 10.4. The number of fused-ring (bicyclic) bond motifs is 2. The molecule has 1 aromatic heterocycles. The molecule has 0 bridgehead atoms. The Labute approximate surface area is 173 Å². The molecule has 0 spiro atoms. The topological polar surface area (TPSA) is 43.4 Å². The molecule has 1 aromatic carbocycles. The van der Waals surface area contributed by atoms with Gasteiger partial charge in [-0.15, -0.1) is 23.1 Å². The van der Waals surface area contributed by atoms with Crippen LogP contribution >= 0.6 is 23.1 Å². The number of esters is 1. The van der Waals surface area contributed by atoms with Crippen molar-refractivity contribution in [2.24, 2.45) is 0 Å². The lowest BCUT2D eigenvalue weighted by Crippen LogP contribution is -2.10. The molecule has 0 saturated heterocycles. The Morgan fingerprint density at radius 3 is 2.61 bits per heavy atom. The number of unbranched alkanes of at least 4 members (excludes halogenated alkanes) is 6. The van der Waals surface area contributed by atoms with Crippen LogP contribution in [0.25, 0.3) is 10.1 Å². The minimum atomic E-state index is -0.283. The molecule has 0 fully saturated rings. The lowest BCUT2D eigenvalue weighted by Gasteiger charge is -2.07. The lowest BCUT2D eigenvalue weighted by atomic mass is 10.0. The maximum atomic E-state index is 13.5. The molecular weight excluding hydrogens is 395 g/mol. The maximum Gasteiger partial charge on any atom is 0.302 e. The minimum absolute atomic E-state index is 0.0903. The molecule has 0 radical (unpaired) electrons. The van der Waals surface area contributed by atoms with Crippen LogP contribution in [0.5, 0.6) is 0 Å². The van der Waals surface area contributed by atoms with Crippen molar-refractivity contribution in [3.8, 4) is 0 Å². The maximum absolute atomic E-state index is 13.5. The summed E-state index contributed by atoms with van der Waals surface area (Å²) in [5, 5.41) is 1.13. The van der Waals surface area contributed by atoms with E-state index >= 15 is 0 Å². The highest BCUT2D eigenvalue weighted by Gasteiger charge is 2.26. The number of ether oxygens (including phenoxy) is 1. The summed E-state index contributed by atoms with van der Waals surface area (Å²) in [7, 11) is 0. The molecule has 2 heterocycles. The predicted molar refractivity (Wildman–Crippen MR) is 115 cm³/mol. The average Bonchev–Trinajstić information content (AvgIpc) is 3.06. The van der Waals surface area contributed by atoms with Gasteiger partial charge in [-0.25, -0.2) is 4.39 Å². The highest BCUT2D eigenvalue weighted by Crippen LogP contribution is 2.42. The second-order valence-corrected chi connectivity index (χ2v) is 10.0. The van der Waals surface area contributed by atoms with E-state index in [1.54, 1.807) is 29.2 Å². The average molecular weight is 423 g/mol. The number of thioether (sulfide) groups is 1. The first kappa shape index (κ1) is 21.3. The van der Waals surface area contributed by atoms with E-state index in [9.17, 15) is 14.0 Å². The molecule has 1 unspecified atom stereocenters. The van der Waals surface area contributed by atoms with Gasteiger partial charge >= 0.3 is 5.97 Å². The third-order valence-electron chi connectivity index (χ3n) is 5.09. The summed E-state index contributed by atoms with van der Waals surface area (Å²) in [5.74, 6) is -0.480. The molecule has 3 nitrogen and oxygen atoms in total. The van der Waals surface area contributed by atoms with E-state index in [1.807, 2.05) is 0 Å². The first-order chi connectivity index (χ1) is 13.5. The highest BCUT2D eigenvalue weighted by atomic mass is 32.2. The zero-order chi connectivity index (χ0) is 19.9. The summed E-state index contributed by atoms with van der Waals surface area (Å²) in [4.78, 5) is 23.4. The van der Waals surface area contributed by atoms with E-state index in [2.05, 4.69) is 0 Å². The number of hydrogen-bond acceptors (Lipinski definition) is 5. The quantitative estimate of drug-likeness (QED) is 0.343. The standard InChI is InChI=1S/C22H27FO3S2/c1-15(24)26-12-8-6-4-2-3-5-7-9-17-14-19-21(25)18-11-10-16(23)13-20(18)28-22(19)27-17/h10-11,13,17H,2-9,12,14H2,1H3. The molecule has 3 rings (SSSR count). The summed E-state index contributed by atoms with van der Waals surface area (Å²) < 4.78 is 20.2. The summed E-state index contributed by atoms with van der Waals surface area (Å²) in [6.45, 7) is 1.99. The zero-order valence-corrected chi connectivity index (χ0v) is 17.9. The van der Waals surface area contributed by atoms with Gasteiger partial charge in [0.2, 0.25) is 0 Å². The van der Waals surface area contributed by atoms with Crippen LogP contribution in [0, 0.1) is 5.82 Å². The molecule has 0 saturated carbocycles. The fraction of sp³-hybridized carbons (Fsp3) is 0.545. The van der Waals surface area contributed by atoms with Gasteiger partial charge in [0.25, 0.3) is 0 Å². The summed E-state index contributed by atoms with van der Waals surface area (Å²) in [6, 6.07) is 4.47. The van der Waals surface area contributed by atoms with Gasteiger partial charge in [0, 0.05) is 27.8 Å². The summed E-state index contributed by atoms with van der Waals surface area (Å²) in [6.07, 6.45) is 10.1. The van der Waals surface area contributed by atoms with Crippen LogP contribution in [0.15, 0.2) is 27.2 Å². The van der Waals surface area contributed by atoms with Gasteiger partial charge in [-0.1, -0.05) is 38.5 Å². The molecule has 28 heavy (non-hydrogen) atoms. The Morgan fingerprint density at radius 2 is 1.86 bits per heavy atom. The van der Waals surface area contributed by atoms with Gasteiger partial charge in [0.1, 0.15) is 5.82 Å². The molecule has 0 amide bonds. The fourth-order valence-corrected chi connectivity index (χ4v) is 6.58. The molecule has 0 N–H and O–H groups in total. The Bertz CT molecular complexity index is 878. The highest BCUT2D eigenvalue weighted by molar-refractivity contribution is 8.02. The number of carbonyl (C=O) groups excluding carboxylic acids is 1. The number of rotatable bonds is 10. The molecule has 2 aromatic rings. The van der Waals surface area contributed by atoms with Crippen LogP contribution in [-0.4, -0.2) is 17.8 Å². The van der Waals surface area contributed by atoms with Gasteiger partial charge < -0.3 is 4.74 Å². The van der Waals surface area contributed by atoms with Crippen LogP contribution in [0.3, 0.4) is 0 Å². The zero-order valence-electron chi connectivity index (χ0n) is 16.3. The largest absolute Gasteiger partial charge is 0.466 e. The fourth-order valence-electron chi connectivity index (χ4n) is 3.61. The molecule has 0 aliphatic carbocycles. The Morgan fingerprint density at radius 1 is 1.14 bits per heavy atom. The summed E-state index contributed by atoms with van der Waals surface area (Å²) in [5.41, 5.74) is 1.03. The molecule has 1 atom stereocenters. The van der Waals surface area contributed by atoms with Gasteiger partial charge in [-0.3, -0.25) is 9.59 Å². The van der Waals surface area contributed by atoms with Gasteiger partial charge in [-0.05, 0) is 37.5 Å². The van der Waals surface area contributed by atoms with E-state index in [-0.39, 0.29) is 17.2 Å². The van der Waals surface area contributed by atoms with Crippen molar-refractivity contribution >= 4 is 39.2 Å². The van der Waals surface area contributed by atoms with Gasteiger partial charge in [-0.2, -0.15) is 0 Å². The molecule has 1 aliphatic heterocycles. The summed E-state index contributed by atoms with van der Waals surface area (Å²) >= 11 is 3.36. The van der Waals surface area contributed by atoms with Crippen molar-refractivity contribution in [3.63, 3.8) is 0 Å². The third kappa shape index (κ3) is 5.80. The second-order valence-electron chi connectivity index (χ2n) is 7.39. The SMILES string of the molecule is CC(=O)OCCCCCCCCCC1Cc2c(sc3cc(F)ccc3c2=O)S1. The Balaban J connectivity index is 1.36. The first-order valence-electron chi connectivity index (χ1n) is 10.1. The Hall–Kier alpha value is -1.40. The Kier molecular flexibility index (Phi) is 7.91. The molecule has 1 aliphatic rings. The van der Waals surface area contributed by atoms with Crippen LogP contribution in [-0.2, 0) is 16.0 Å². The first-order valence-corrected chi connectivity index (χ1v) is 11.8. The van der Waals surface area contributed by atoms with E-state index < -0.39 is 0 Å². The van der Waals surface area contributed by atoms with Crippen molar-refractivity contribution in [3.05, 3.63) is 39.8 Å². The molecule has 6 heteroatoms. The smallest absolute Gasteiger partial charge is 0.302 e. The van der Waals surface area contributed by atoms with E-state index in [4.69, 9.17) is 4.74 Å². The van der Waals surface area contributed by atoms with Crippen molar-refractivity contribution in [2.75, 3.05) is 6.61 Å². The van der Waals surface area contributed by atoms with Crippen molar-refractivity contribution in [2.45, 2.75) is 74.2 Å². The van der Waals surface area contributed by atoms with E-state index in [0.29, 0.717) is 17.2 Å². The van der Waals surface area contributed by atoms with Crippen LogP contribution in [0.2, 0.25) is 0 Å². The van der Waals surface area contributed by atoms with Gasteiger partial charge in [0.05, 0.1) is 10.8 Å². The number of hydrogen-bond donors (Lipinski definition) is 0. The van der Waals surface area contributed by atoms with Crippen LogP contribution < -0.4 is 5.43 Å². The molecular formula is C22H27FO3S2. The monoisotopic (exact) mass is 422 g/mol. The normalized spacial score (nSPS) is 15.7. The number of benzene rings is 1. The van der Waals surface area contributed by atoms with Crippen molar-refractivity contribution < 1.29 is 13.9 Å². The van der Waals surface area contributed by atoms with E-state index in [0.717, 1.165) is 40.2 Å². The van der Waals surface area contributed by atoms with Crippen molar-refractivity contribution in [1.29, 1.82) is 0 Å². The van der Waals surface area contributed by atoms with Crippen LogP contribution in [0.4, 0.5) is 4.39 Å². The third-order valence-corrected chi connectivity index (χ3v) is 7.82.